The average Bonchev–Trinajstić information content (AvgIpc) is 2.70. The Hall–Kier alpha value is -0.860. The van der Waals surface area contributed by atoms with E-state index in [1.807, 2.05) is 0 Å². The number of rotatable bonds is 5. The number of likely N-dealkylation sites (N-methyl/N-ethyl adjacent to an activating group) is 1. The Labute approximate surface area is 118 Å². The van der Waals surface area contributed by atoms with E-state index < -0.39 is 0 Å². The lowest BCUT2D eigenvalue weighted by Crippen LogP contribution is -2.41. The van der Waals surface area contributed by atoms with Crippen LogP contribution in [0.4, 0.5) is 0 Å². The highest BCUT2D eigenvalue weighted by atomic mass is 15.2. The third-order valence-electron chi connectivity index (χ3n) is 4.38. The lowest BCUT2D eigenvalue weighted by Gasteiger charge is -2.37. The zero-order chi connectivity index (χ0) is 13.5. The molecular formula is C17H28N2. The molecule has 1 fully saturated rings. The summed E-state index contributed by atoms with van der Waals surface area (Å²) in [5, 5.41) is 3.39. The summed E-state index contributed by atoms with van der Waals surface area (Å²) in [7, 11) is 2.06. The molecule has 2 atom stereocenters. The maximum atomic E-state index is 3.39. The van der Waals surface area contributed by atoms with Crippen molar-refractivity contribution in [3.63, 3.8) is 0 Å². The van der Waals surface area contributed by atoms with Gasteiger partial charge in [0.25, 0.3) is 0 Å². The van der Waals surface area contributed by atoms with Gasteiger partial charge in [0.1, 0.15) is 0 Å². The second-order valence-corrected chi connectivity index (χ2v) is 5.63. The minimum absolute atomic E-state index is 0.522. The maximum absolute atomic E-state index is 3.39. The third kappa shape index (κ3) is 3.80. The molecule has 1 saturated heterocycles. The van der Waals surface area contributed by atoms with E-state index in [9.17, 15) is 0 Å². The van der Waals surface area contributed by atoms with Crippen LogP contribution in [0.25, 0.3) is 0 Å². The first-order chi connectivity index (χ1) is 9.36. The molecule has 106 valence electrons. The summed E-state index contributed by atoms with van der Waals surface area (Å²) in [5.74, 6) is 0. The van der Waals surface area contributed by atoms with Gasteiger partial charge in [0.05, 0.1) is 0 Å². The fourth-order valence-corrected chi connectivity index (χ4v) is 3.34. The van der Waals surface area contributed by atoms with Crippen LogP contribution in [-0.4, -0.2) is 31.1 Å². The smallest absolute Gasteiger partial charge is 0.0475 e. The van der Waals surface area contributed by atoms with E-state index in [4.69, 9.17) is 0 Å². The van der Waals surface area contributed by atoms with E-state index in [0.717, 1.165) is 12.6 Å². The number of benzene rings is 1. The normalized spacial score (nSPS) is 22.9. The molecule has 2 rings (SSSR count). The van der Waals surface area contributed by atoms with Crippen LogP contribution in [0.5, 0.6) is 0 Å². The summed E-state index contributed by atoms with van der Waals surface area (Å²) < 4.78 is 0. The van der Waals surface area contributed by atoms with Crippen molar-refractivity contribution in [2.24, 2.45) is 0 Å². The standard InChI is InChI=1S/C17H28N2/c1-3-16-12-8-5-9-13-19(16)17(14-18-2)15-10-6-4-7-11-15/h4,6-7,10-11,16-18H,3,5,8-9,12-14H2,1-2H3. The Kier molecular flexibility index (Phi) is 5.87. The summed E-state index contributed by atoms with van der Waals surface area (Å²) in [6.07, 6.45) is 6.78. The molecule has 1 aromatic carbocycles. The zero-order valence-electron chi connectivity index (χ0n) is 12.4. The second-order valence-electron chi connectivity index (χ2n) is 5.63. The first-order valence-electron chi connectivity index (χ1n) is 7.82. The minimum atomic E-state index is 0.522. The quantitative estimate of drug-likeness (QED) is 0.870. The average molecular weight is 260 g/mol. The van der Waals surface area contributed by atoms with Crippen molar-refractivity contribution in [2.45, 2.75) is 51.1 Å². The van der Waals surface area contributed by atoms with Crippen LogP contribution < -0.4 is 5.32 Å². The van der Waals surface area contributed by atoms with Crippen molar-refractivity contribution in [1.29, 1.82) is 0 Å². The van der Waals surface area contributed by atoms with Crippen LogP contribution in [0.2, 0.25) is 0 Å². The molecule has 0 saturated carbocycles. The van der Waals surface area contributed by atoms with E-state index in [1.54, 1.807) is 0 Å². The highest BCUT2D eigenvalue weighted by Gasteiger charge is 2.27. The van der Waals surface area contributed by atoms with Crippen LogP contribution in [0.3, 0.4) is 0 Å². The van der Waals surface area contributed by atoms with Crippen molar-refractivity contribution in [3.05, 3.63) is 35.9 Å². The predicted molar refractivity (Wildman–Crippen MR) is 82.4 cm³/mol. The van der Waals surface area contributed by atoms with E-state index in [1.165, 1.54) is 44.2 Å². The largest absolute Gasteiger partial charge is 0.318 e. The van der Waals surface area contributed by atoms with Gasteiger partial charge in [-0.15, -0.1) is 0 Å². The van der Waals surface area contributed by atoms with Gasteiger partial charge < -0.3 is 5.32 Å². The van der Waals surface area contributed by atoms with Crippen LogP contribution in [0.15, 0.2) is 30.3 Å². The van der Waals surface area contributed by atoms with Gasteiger partial charge in [0, 0.05) is 18.6 Å². The van der Waals surface area contributed by atoms with Crippen molar-refractivity contribution in [3.8, 4) is 0 Å². The van der Waals surface area contributed by atoms with E-state index in [2.05, 4.69) is 54.5 Å². The van der Waals surface area contributed by atoms with Gasteiger partial charge in [-0.3, -0.25) is 4.90 Å². The van der Waals surface area contributed by atoms with Crippen molar-refractivity contribution in [2.75, 3.05) is 20.1 Å². The molecule has 0 spiro atoms. The molecule has 1 aliphatic rings. The maximum Gasteiger partial charge on any atom is 0.0475 e. The molecule has 2 heteroatoms. The van der Waals surface area contributed by atoms with Crippen molar-refractivity contribution >= 4 is 0 Å². The summed E-state index contributed by atoms with van der Waals surface area (Å²) in [6.45, 7) is 4.63. The van der Waals surface area contributed by atoms with Gasteiger partial charge in [0.2, 0.25) is 0 Å². The summed E-state index contributed by atoms with van der Waals surface area (Å²) >= 11 is 0. The molecule has 0 radical (unpaired) electrons. The van der Waals surface area contributed by atoms with E-state index in [-0.39, 0.29) is 0 Å². The number of nitrogens with zero attached hydrogens (tertiary/aromatic N) is 1. The Morgan fingerprint density at radius 3 is 2.68 bits per heavy atom. The zero-order valence-corrected chi connectivity index (χ0v) is 12.4. The first-order valence-corrected chi connectivity index (χ1v) is 7.82. The Morgan fingerprint density at radius 1 is 1.21 bits per heavy atom. The van der Waals surface area contributed by atoms with E-state index >= 15 is 0 Å². The molecule has 0 aromatic heterocycles. The minimum Gasteiger partial charge on any atom is -0.318 e. The van der Waals surface area contributed by atoms with Crippen molar-refractivity contribution < 1.29 is 0 Å². The Morgan fingerprint density at radius 2 is 2.00 bits per heavy atom. The van der Waals surface area contributed by atoms with Crippen LogP contribution in [0, 0.1) is 0 Å². The molecule has 0 aliphatic carbocycles. The topological polar surface area (TPSA) is 15.3 Å². The van der Waals surface area contributed by atoms with Crippen molar-refractivity contribution in [1.82, 2.24) is 10.2 Å². The molecule has 0 bridgehead atoms. The highest BCUT2D eigenvalue weighted by Crippen LogP contribution is 2.29. The molecule has 1 aliphatic heterocycles. The molecule has 2 nitrogen and oxygen atoms in total. The monoisotopic (exact) mass is 260 g/mol. The van der Waals surface area contributed by atoms with Crippen LogP contribution in [-0.2, 0) is 0 Å². The van der Waals surface area contributed by atoms with Gasteiger partial charge in [-0.1, -0.05) is 50.1 Å². The van der Waals surface area contributed by atoms with E-state index in [0.29, 0.717) is 6.04 Å². The van der Waals surface area contributed by atoms with Gasteiger partial charge >= 0.3 is 0 Å². The third-order valence-corrected chi connectivity index (χ3v) is 4.38. The van der Waals surface area contributed by atoms with Gasteiger partial charge in [-0.05, 0) is 38.4 Å². The van der Waals surface area contributed by atoms with Gasteiger partial charge in [-0.25, -0.2) is 0 Å². The fourth-order valence-electron chi connectivity index (χ4n) is 3.34. The molecule has 2 unspecified atom stereocenters. The van der Waals surface area contributed by atoms with Crippen LogP contribution >= 0.6 is 0 Å². The fraction of sp³-hybridized carbons (Fsp3) is 0.647. The second kappa shape index (κ2) is 7.66. The van der Waals surface area contributed by atoms with Crippen LogP contribution in [0.1, 0.15) is 50.6 Å². The summed E-state index contributed by atoms with van der Waals surface area (Å²) in [6, 6.07) is 12.3. The first kappa shape index (κ1) is 14.5. The molecule has 0 amide bonds. The molecule has 1 heterocycles. The molecule has 1 N–H and O–H groups in total. The Bertz CT molecular complexity index is 350. The lowest BCUT2D eigenvalue weighted by atomic mass is 10.0. The molecule has 19 heavy (non-hydrogen) atoms. The number of hydrogen-bond donors (Lipinski definition) is 1. The van der Waals surface area contributed by atoms with Gasteiger partial charge in [0.15, 0.2) is 0 Å². The number of nitrogens with one attached hydrogen (secondary N) is 1. The summed E-state index contributed by atoms with van der Waals surface area (Å²) in [4.78, 5) is 2.75. The predicted octanol–water partition coefficient (Wildman–Crippen LogP) is 3.60. The SMILES string of the molecule is CCC1CCCCCN1C(CNC)c1ccccc1. The van der Waals surface area contributed by atoms with Gasteiger partial charge in [-0.2, -0.15) is 0 Å². The number of hydrogen-bond acceptors (Lipinski definition) is 2. The molecule has 1 aromatic rings. The Balaban J connectivity index is 2.20. The lowest BCUT2D eigenvalue weighted by molar-refractivity contribution is 0.131. The highest BCUT2D eigenvalue weighted by molar-refractivity contribution is 5.19. The molecular weight excluding hydrogens is 232 g/mol. The number of likely N-dealkylation sites (tertiary alicyclic amines) is 1. The summed E-state index contributed by atoms with van der Waals surface area (Å²) in [5.41, 5.74) is 1.46.